The molecule has 0 fully saturated rings. The van der Waals surface area contributed by atoms with Gasteiger partial charge in [-0.2, -0.15) is 0 Å². The molecule has 1 amide bonds. The van der Waals surface area contributed by atoms with Gasteiger partial charge in [0.15, 0.2) is 6.61 Å². The van der Waals surface area contributed by atoms with Gasteiger partial charge in [-0.3, -0.25) is 9.59 Å². The number of amides is 1. The van der Waals surface area contributed by atoms with E-state index in [0.717, 1.165) is 28.8 Å². The Bertz CT molecular complexity index is 1090. The van der Waals surface area contributed by atoms with Crippen LogP contribution in [-0.2, 0) is 20.7 Å². The lowest BCUT2D eigenvalue weighted by Crippen LogP contribution is -2.39. The number of esters is 1. The van der Waals surface area contributed by atoms with Crippen LogP contribution in [0.2, 0.25) is 0 Å². The van der Waals surface area contributed by atoms with Crippen LogP contribution >= 0.6 is 0 Å². The summed E-state index contributed by atoms with van der Waals surface area (Å²) in [6.07, 6.45) is 0.802. The predicted octanol–water partition coefficient (Wildman–Crippen LogP) is 4.45. The second-order valence-corrected chi connectivity index (χ2v) is 7.66. The molecule has 5 nitrogen and oxygen atoms in total. The highest BCUT2D eigenvalue weighted by atomic mass is 16.5. The first kappa shape index (κ1) is 18.4. The summed E-state index contributed by atoms with van der Waals surface area (Å²) < 4.78 is 11.5. The van der Waals surface area contributed by atoms with E-state index in [1.54, 1.807) is 4.90 Å². The zero-order valence-corrected chi connectivity index (χ0v) is 16.6. The molecule has 0 radical (unpaired) electrons. The lowest BCUT2D eigenvalue weighted by atomic mass is 9.88. The third-order valence-electron chi connectivity index (χ3n) is 5.73. The molecular formula is C25H21NO4. The molecule has 2 aliphatic heterocycles. The average molecular weight is 399 g/mol. The zero-order chi connectivity index (χ0) is 20.7. The van der Waals surface area contributed by atoms with Crippen molar-refractivity contribution in [3.05, 3.63) is 89.5 Å². The van der Waals surface area contributed by atoms with Crippen LogP contribution in [0.4, 0.5) is 5.69 Å². The molecule has 2 aliphatic rings. The summed E-state index contributed by atoms with van der Waals surface area (Å²) in [6, 6.07) is 22.7. The Hall–Kier alpha value is -3.60. The predicted molar refractivity (Wildman–Crippen MR) is 113 cm³/mol. The van der Waals surface area contributed by atoms with Gasteiger partial charge >= 0.3 is 5.97 Å². The van der Waals surface area contributed by atoms with Crippen LogP contribution in [0.15, 0.2) is 72.8 Å². The number of hydrogen-bond acceptors (Lipinski definition) is 4. The van der Waals surface area contributed by atoms with E-state index in [1.165, 1.54) is 0 Å². The van der Waals surface area contributed by atoms with E-state index in [1.807, 2.05) is 79.7 Å². The van der Waals surface area contributed by atoms with Gasteiger partial charge in [-0.05, 0) is 37.1 Å². The van der Waals surface area contributed by atoms with Gasteiger partial charge in [-0.25, -0.2) is 0 Å². The summed E-state index contributed by atoms with van der Waals surface area (Å²) in [5.74, 6) is -0.0264. The number of hydrogen-bond donors (Lipinski definition) is 0. The third-order valence-corrected chi connectivity index (χ3v) is 5.73. The van der Waals surface area contributed by atoms with Gasteiger partial charge in [-0.1, -0.05) is 54.6 Å². The number of carbonyl (C=O) groups excluding carboxylic acids is 2. The topological polar surface area (TPSA) is 55.8 Å². The molecule has 0 saturated carbocycles. The highest BCUT2D eigenvalue weighted by molar-refractivity contribution is 5.98. The SMILES string of the molecule is CC1Cc2ccccc2N1C(=O)COC(=O)C1c2ccccc2Oc2ccccc21. The molecule has 0 aromatic heterocycles. The van der Waals surface area contributed by atoms with Crippen LogP contribution in [0.5, 0.6) is 11.5 Å². The Morgan fingerprint density at radius 3 is 2.23 bits per heavy atom. The van der Waals surface area contributed by atoms with Gasteiger partial charge < -0.3 is 14.4 Å². The van der Waals surface area contributed by atoms with Crippen molar-refractivity contribution in [2.75, 3.05) is 11.5 Å². The lowest BCUT2D eigenvalue weighted by Gasteiger charge is -2.27. The first-order valence-electron chi connectivity index (χ1n) is 10.1. The number of ether oxygens (including phenoxy) is 2. The average Bonchev–Trinajstić information content (AvgIpc) is 3.11. The minimum atomic E-state index is -0.623. The van der Waals surface area contributed by atoms with Crippen molar-refractivity contribution in [3.63, 3.8) is 0 Å². The Balaban J connectivity index is 1.37. The van der Waals surface area contributed by atoms with Crippen molar-refractivity contribution in [2.45, 2.75) is 25.3 Å². The summed E-state index contributed by atoms with van der Waals surface area (Å²) in [5, 5.41) is 0. The highest BCUT2D eigenvalue weighted by Crippen LogP contribution is 2.44. The third kappa shape index (κ3) is 3.03. The van der Waals surface area contributed by atoms with E-state index in [2.05, 4.69) is 0 Å². The number of anilines is 1. The summed E-state index contributed by atoms with van der Waals surface area (Å²) >= 11 is 0. The van der Waals surface area contributed by atoms with Gasteiger partial charge in [0.25, 0.3) is 5.91 Å². The minimum absolute atomic E-state index is 0.0399. The van der Waals surface area contributed by atoms with Gasteiger partial charge in [-0.15, -0.1) is 0 Å². The molecule has 0 spiro atoms. The number of carbonyl (C=O) groups is 2. The Labute approximate surface area is 174 Å². The van der Waals surface area contributed by atoms with Crippen molar-refractivity contribution in [1.82, 2.24) is 0 Å². The summed E-state index contributed by atoms with van der Waals surface area (Å²) in [6.45, 7) is 1.71. The number of nitrogens with zero attached hydrogens (tertiary/aromatic N) is 1. The van der Waals surface area contributed by atoms with E-state index in [9.17, 15) is 9.59 Å². The fourth-order valence-corrected chi connectivity index (χ4v) is 4.40. The fraction of sp³-hybridized carbons (Fsp3) is 0.200. The van der Waals surface area contributed by atoms with Crippen molar-refractivity contribution in [1.29, 1.82) is 0 Å². The van der Waals surface area contributed by atoms with Gasteiger partial charge in [0.2, 0.25) is 0 Å². The van der Waals surface area contributed by atoms with Crippen LogP contribution < -0.4 is 9.64 Å². The maximum atomic E-state index is 13.1. The smallest absolute Gasteiger partial charge is 0.318 e. The van der Waals surface area contributed by atoms with E-state index in [0.29, 0.717) is 11.5 Å². The maximum Gasteiger partial charge on any atom is 0.318 e. The number of fused-ring (bicyclic) bond motifs is 3. The normalized spacial score (nSPS) is 16.8. The van der Waals surface area contributed by atoms with Crippen LogP contribution in [0.25, 0.3) is 0 Å². The van der Waals surface area contributed by atoms with Crippen LogP contribution in [0.3, 0.4) is 0 Å². The monoisotopic (exact) mass is 399 g/mol. The first-order valence-corrected chi connectivity index (χ1v) is 10.1. The second kappa shape index (κ2) is 7.34. The molecule has 3 aromatic rings. The molecule has 5 rings (SSSR count). The maximum absolute atomic E-state index is 13.1. The van der Waals surface area contributed by atoms with Crippen molar-refractivity contribution < 1.29 is 19.1 Å². The molecule has 0 bridgehead atoms. The molecular weight excluding hydrogens is 378 g/mol. The number of rotatable bonds is 3. The van der Waals surface area contributed by atoms with E-state index in [-0.39, 0.29) is 18.6 Å². The van der Waals surface area contributed by atoms with Gasteiger partial charge in [0.05, 0.1) is 0 Å². The Kier molecular flexibility index (Phi) is 4.51. The molecule has 150 valence electrons. The second-order valence-electron chi connectivity index (χ2n) is 7.66. The summed E-state index contributed by atoms with van der Waals surface area (Å²) in [7, 11) is 0. The lowest BCUT2D eigenvalue weighted by molar-refractivity contribution is -0.148. The molecule has 1 unspecified atom stereocenters. The fourth-order valence-electron chi connectivity index (χ4n) is 4.40. The molecule has 0 aliphatic carbocycles. The molecule has 0 N–H and O–H groups in total. The van der Waals surface area contributed by atoms with Crippen molar-refractivity contribution in [3.8, 4) is 11.5 Å². The largest absolute Gasteiger partial charge is 0.457 e. The minimum Gasteiger partial charge on any atom is -0.457 e. The molecule has 30 heavy (non-hydrogen) atoms. The summed E-state index contributed by atoms with van der Waals surface area (Å²) in [4.78, 5) is 27.8. The van der Waals surface area contributed by atoms with Crippen molar-refractivity contribution in [2.24, 2.45) is 0 Å². The van der Waals surface area contributed by atoms with Crippen LogP contribution in [-0.4, -0.2) is 24.5 Å². The Morgan fingerprint density at radius 2 is 1.53 bits per heavy atom. The zero-order valence-electron chi connectivity index (χ0n) is 16.6. The first-order chi connectivity index (χ1) is 14.6. The van der Waals surface area contributed by atoms with E-state index >= 15 is 0 Å². The van der Waals surface area contributed by atoms with E-state index in [4.69, 9.17) is 9.47 Å². The van der Waals surface area contributed by atoms with Crippen LogP contribution in [0.1, 0.15) is 29.5 Å². The van der Waals surface area contributed by atoms with E-state index < -0.39 is 11.9 Å². The van der Waals surface area contributed by atoms with Crippen LogP contribution in [0, 0.1) is 0 Å². The molecule has 2 heterocycles. The standard InChI is InChI=1S/C25H21NO4/c1-16-14-17-8-2-5-11-20(17)26(16)23(27)15-29-25(28)24-18-9-3-6-12-21(18)30-22-13-7-4-10-19(22)24/h2-13,16,24H,14-15H2,1H3. The number of para-hydroxylation sites is 3. The quantitative estimate of drug-likeness (QED) is 0.611. The van der Waals surface area contributed by atoms with Gasteiger partial charge in [0, 0.05) is 22.9 Å². The molecule has 1 atom stereocenters. The van der Waals surface area contributed by atoms with Gasteiger partial charge in [0.1, 0.15) is 17.4 Å². The number of benzene rings is 3. The highest BCUT2D eigenvalue weighted by Gasteiger charge is 2.35. The molecule has 0 saturated heterocycles. The molecule has 3 aromatic carbocycles. The summed E-state index contributed by atoms with van der Waals surface area (Å²) in [5.41, 5.74) is 3.52. The Morgan fingerprint density at radius 1 is 0.933 bits per heavy atom. The molecule has 5 heteroatoms. The van der Waals surface area contributed by atoms with Crippen molar-refractivity contribution >= 4 is 17.6 Å².